The van der Waals surface area contributed by atoms with Gasteiger partial charge in [0.25, 0.3) is 0 Å². The van der Waals surface area contributed by atoms with Crippen molar-refractivity contribution in [1.82, 2.24) is 4.98 Å². The van der Waals surface area contributed by atoms with Crippen LogP contribution < -0.4 is 5.56 Å². The van der Waals surface area contributed by atoms with Gasteiger partial charge in [0.1, 0.15) is 5.69 Å². The summed E-state index contributed by atoms with van der Waals surface area (Å²) in [5.41, 5.74) is -2.30. The monoisotopic (exact) mass is 341 g/mol. The van der Waals surface area contributed by atoms with Crippen LogP contribution in [-0.4, -0.2) is 4.98 Å². The molecule has 0 fully saturated rings. The number of pyridine rings is 1. The van der Waals surface area contributed by atoms with Gasteiger partial charge >= 0.3 is 6.18 Å². The number of hydrogen-bond acceptors (Lipinski definition) is 1. The summed E-state index contributed by atoms with van der Waals surface area (Å²) in [5, 5.41) is 0.181. The van der Waals surface area contributed by atoms with Crippen LogP contribution in [0.15, 0.2) is 29.1 Å². The molecule has 0 saturated heterocycles. The molecule has 20 heavy (non-hydrogen) atoms. The minimum absolute atomic E-state index is 0.00283. The first-order valence-electron chi connectivity index (χ1n) is 5.15. The predicted octanol–water partition coefficient (Wildman–Crippen LogP) is 5.02. The SMILES string of the molecule is O=c1ccc(-c2cc(Cl)c(Cl)cc2Cl)c(C(F)(F)F)[nH]1. The van der Waals surface area contributed by atoms with E-state index in [4.69, 9.17) is 34.8 Å². The van der Waals surface area contributed by atoms with Gasteiger partial charge in [0.15, 0.2) is 0 Å². The van der Waals surface area contributed by atoms with Crippen molar-refractivity contribution in [2.45, 2.75) is 6.18 Å². The molecule has 2 nitrogen and oxygen atoms in total. The van der Waals surface area contributed by atoms with Gasteiger partial charge in [-0.3, -0.25) is 4.79 Å². The Kier molecular flexibility index (Phi) is 4.04. The highest BCUT2D eigenvalue weighted by Crippen LogP contribution is 2.40. The molecule has 0 radical (unpaired) electrons. The molecule has 0 bridgehead atoms. The average molecular weight is 343 g/mol. The van der Waals surface area contributed by atoms with E-state index in [1.54, 1.807) is 4.98 Å². The first kappa shape index (κ1) is 15.2. The summed E-state index contributed by atoms with van der Waals surface area (Å²) in [6.07, 6.45) is -4.73. The van der Waals surface area contributed by atoms with Crippen molar-refractivity contribution in [3.63, 3.8) is 0 Å². The van der Waals surface area contributed by atoms with Crippen LogP contribution in [0, 0.1) is 0 Å². The second-order valence-corrected chi connectivity index (χ2v) is 5.08. The average Bonchev–Trinajstić information content (AvgIpc) is 2.33. The zero-order valence-electron chi connectivity index (χ0n) is 9.49. The highest BCUT2D eigenvalue weighted by molar-refractivity contribution is 6.44. The van der Waals surface area contributed by atoms with Gasteiger partial charge in [0.2, 0.25) is 5.56 Å². The Morgan fingerprint density at radius 2 is 1.50 bits per heavy atom. The molecule has 1 aromatic heterocycles. The highest BCUT2D eigenvalue weighted by Gasteiger charge is 2.35. The number of halogens is 6. The quantitative estimate of drug-likeness (QED) is 0.725. The maximum atomic E-state index is 13.0. The molecule has 0 saturated carbocycles. The number of H-pyrrole nitrogens is 1. The molecule has 106 valence electrons. The minimum atomic E-state index is -4.73. The van der Waals surface area contributed by atoms with Crippen molar-refractivity contribution < 1.29 is 13.2 Å². The third kappa shape index (κ3) is 2.95. The molecule has 0 aliphatic rings. The Hall–Kier alpha value is -1.17. The number of hydrogen-bond donors (Lipinski definition) is 1. The lowest BCUT2D eigenvalue weighted by Gasteiger charge is -2.14. The van der Waals surface area contributed by atoms with Gasteiger partial charge < -0.3 is 4.98 Å². The standard InChI is InChI=1S/C12H5Cl3F3NO/c13-7-4-9(15)8(14)3-6(7)5-1-2-10(20)19-11(5)12(16,17)18/h1-4H,(H,19,20). The van der Waals surface area contributed by atoms with Crippen molar-refractivity contribution in [1.29, 1.82) is 0 Å². The van der Waals surface area contributed by atoms with Gasteiger partial charge in [-0.25, -0.2) is 0 Å². The van der Waals surface area contributed by atoms with Crippen LogP contribution >= 0.6 is 34.8 Å². The Labute approximate surface area is 126 Å². The fourth-order valence-corrected chi connectivity index (χ4v) is 2.30. The summed E-state index contributed by atoms with van der Waals surface area (Å²) in [4.78, 5) is 12.9. The molecule has 2 rings (SSSR count). The third-order valence-corrected chi connectivity index (χ3v) is 3.54. The van der Waals surface area contributed by atoms with Crippen molar-refractivity contribution in [2.75, 3.05) is 0 Å². The second-order valence-electron chi connectivity index (χ2n) is 3.86. The minimum Gasteiger partial charge on any atom is -0.318 e. The van der Waals surface area contributed by atoms with Gasteiger partial charge in [-0.1, -0.05) is 34.8 Å². The summed E-state index contributed by atoms with van der Waals surface area (Å²) in [5.74, 6) is 0. The first-order chi connectivity index (χ1) is 9.20. The molecular weight excluding hydrogens is 337 g/mol. The summed E-state index contributed by atoms with van der Waals surface area (Å²) in [6.45, 7) is 0. The number of alkyl halides is 3. The van der Waals surface area contributed by atoms with Crippen molar-refractivity contribution >= 4 is 34.8 Å². The molecule has 1 aromatic carbocycles. The van der Waals surface area contributed by atoms with E-state index in [2.05, 4.69) is 0 Å². The lowest BCUT2D eigenvalue weighted by molar-refractivity contribution is -0.140. The molecule has 0 aliphatic heterocycles. The maximum absolute atomic E-state index is 13.0. The maximum Gasteiger partial charge on any atom is 0.431 e. The van der Waals surface area contributed by atoms with Crippen LogP contribution in [0.2, 0.25) is 15.1 Å². The lowest BCUT2D eigenvalue weighted by atomic mass is 10.0. The molecule has 0 atom stereocenters. The van der Waals surface area contributed by atoms with E-state index in [0.29, 0.717) is 0 Å². The predicted molar refractivity (Wildman–Crippen MR) is 72.5 cm³/mol. The van der Waals surface area contributed by atoms with E-state index in [0.717, 1.165) is 12.1 Å². The van der Waals surface area contributed by atoms with Crippen LogP contribution in [0.3, 0.4) is 0 Å². The van der Waals surface area contributed by atoms with Crippen LogP contribution in [0.25, 0.3) is 11.1 Å². The highest BCUT2D eigenvalue weighted by atomic mass is 35.5. The number of nitrogens with one attached hydrogen (secondary N) is 1. The van der Waals surface area contributed by atoms with Gasteiger partial charge in [-0.05, 0) is 18.2 Å². The van der Waals surface area contributed by atoms with Crippen LogP contribution in [-0.2, 0) is 6.18 Å². The molecule has 0 spiro atoms. The van der Waals surface area contributed by atoms with Crippen LogP contribution in [0.1, 0.15) is 5.69 Å². The Bertz CT molecular complexity index is 725. The van der Waals surface area contributed by atoms with E-state index in [9.17, 15) is 18.0 Å². The van der Waals surface area contributed by atoms with E-state index in [1.165, 1.54) is 12.1 Å². The van der Waals surface area contributed by atoms with Gasteiger partial charge in [-0.2, -0.15) is 13.2 Å². The molecule has 0 amide bonds. The first-order valence-corrected chi connectivity index (χ1v) is 6.29. The Morgan fingerprint density at radius 3 is 2.10 bits per heavy atom. The Balaban J connectivity index is 2.77. The summed E-state index contributed by atoms with van der Waals surface area (Å²) in [6, 6.07) is 4.47. The number of aromatic nitrogens is 1. The Morgan fingerprint density at radius 1 is 0.900 bits per heavy atom. The van der Waals surface area contributed by atoms with Crippen molar-refractivity contribution in [3.05, 3.63) is 55.4 Å². The molecule has 2 aromatic rings. The number of benzene rings is 1. The summed E-state index contributed by atoms with van der Waals surface area (Å²) in [7, 11) is 0. The van der Waals surface area contributed by atoms with Crippen molar-refractivity contribution in [2.24, 2.45) is 0 Å². The molecule has 0 unspecified atom stereocenters. The summed E-state index contributed by atoms with van der Waals surface area (Å²) < 4.78 is 38.9. The van der Waals surface area contributed by atoms with Crippen molar-refractivity contribution in [3.8, 4) is 11.1 Å². The van der Waals surface area contributed by atoms with Gasteiger partial charge in [0, 0.05) is 17.2 Å². The number of rotatable bonds is 1. The fourth-order valence-electron chi connectivity index (χ4n) is 1.65. The second kappa shape index (κ2) is 5.31. The number of aromatic amines is 1. The van der Waals surface area contributed by atoms with Gasteiger partial charge in [-0.15, -0.1) is 0 Å². The van der Waals surface area contributed by atoms with Crippen LogP contribution in [0.4, 0.5) is 13.2 Å². The molecule has 8 heteroatoms. The molecular formula is C12H5Cl3F3NO. The smallest absolute Gasteiger partial charge is 0.318 e. The zero-order chi connectivity index (χ0) is 15.1. The van der Waals surface area contributed by atoms with E-state index >= 15 is 0 Å². The third-order valence-electron chi connectivity index (χ3n) is 2.50. The lowest BCUT2D eigenvalue weighted by Crippen LogP contribution is -2.17. The van der Waals surface area contributed by atoms with E-state index in [-0.39, 0.29) is 26.2 Å². The largest absolute Gasteiger partial charge is 0.431 e. The van der Waals surface area contributed by atoms with E-state index < -0.39 is 17.4 Å². The van der Waals surface area contributed by atoms with Gasteiger partial charge in [0.05, 0.1) is 15.1 Å². The molecule has 1 N–H and O–H groups in total. The fraction of sp³-hybridized carbons (Fsp3) is 0.0833. The molecule has 1 heterocycles. The normalized spacial score (nSPS) is 11.7. The zero-order valence-corrected chi connectivity index (χ0v) is 11.8. The summed E-state index contributed by atoms with van der Waals surface area (Å²) >= 11 is 17.4. The van der Waals surface area contributed by atoms with Crippen LogP contribution in [0.5, 0.6) is 0 Å². The molecule has 0 aliphatic carbocycles. The van der Waals surface area contributed by atoms with E-state index in [1.807, 2.05) is 0 Å². The topological polar surface area (TPSA) is 32.9 Å².